The molecule has 0 aromatic heterocycles. The number of sulfonamides is 1. The number of amides is 2. The van der Waals surface area contributed by atoms with Crippen molar-refractivity contribution in [1.29, 1.82) is 0 Å². The van der Waals surface area contributed by atoms with E-state index in [0.29, 0.717) is 5.69 Å². The van der Waals surface area contributed by atoms with Gasteiger partial charge >= 0.3 is 0 Å². The summed E-state index contributed by atoms with van der Waals surface area (Å²) in [6.45, 7) is 1.96. The first-order chi connectivity index (χ1) is 15.8. The van der Waals surface area contributed by atoms with Crippen LogP contribution in [0.15, 0.2) is 63.9 Å². The quantitative estimate of drug-likeness (QED) is 0.656. The van der Waals surface area contributed by atoms with Crippen LogP contribution in [0.5, 0.6) is 0 Å². The first-order valence-electron chi connectivity index (χ1n) is 11.1. The third kappa shape index (κ3) is 5.65. The second-order valence-corrected chi connectivity index (χ2v) is 11.2. The van der Waals surface area contributed by atoms with Crippen molar-refractivity contribution >= 4 is 44.5 Å². The van der Waals surface area contributed by atoms with E-state index >= 15 is 0 Å². The minimum Gasteiger partial charge on any atom is -0.326 e. The Morgan fingerprint density at radius 3 is 2.39 bits per heavy atom. The lowest BCUT2D eigenvalue weighted by atomic mass is 9.94. The number of nitrogens with one attached hydrogen (secondary N) is 1. The van der Waals surface area contributed by atoms with E-state index in [9.17, 15) is 18.0 Å². The van der Waals surface area contributed by atoms with E-state index < -0.39 is 15.3 Å². The topological polar surface area (TPSA) is 95.9 Å². The zero-order chi connectivity index (χ0) is 23.4. The van der Waals surface area contributed by atoms with E-state index in [0.717, 1.165) is 49.4 Å². The molecule has 0 spiro atoms. The maximum atomic E-state index is 13.3. The summed E-state index contributed by atoms with van der Waals surface area (Å²) in [7, 11) is -3.97. The number of benzene rings is 2. The molecule has 2 aromatic carbocycles. The Morgan fingerprint density at radius 2 is 1.73 bits per heavy atom. The van der Waals surface area contributed by atoms with Crippen molar-refractivity contribution in [2.45, 2.75) is 61.6 Å². The summed E-state index contributed by atoms with van der Waals surface area (Å²) in [5.41, 5.74) is 1.74. The average Bonchev–Trinajstić information content (AvgIpc) is 3.10. The van der Waals surface area contributed by atoms with Crippen LogP contribution >= 0.6 is 11.8 Å². The fourth-order valence-electron chi connectivity index (χ4n) is 4.12. The van der Waals surface area contributed by atoms with Crippen LogP contribution in [-0.2, 0) is 19.6 Å². The highest BCUT2D eigenvalue weighted by atomic mass is 32.2. The van der Waals surface area contributed by atoms with Crippen molar-refractivity contribution in [2.75, 3.05) is 5.32 Å². The highest BCUT2D eigenvalue weighted by Gasteiger charge is 2.43. The average molecular weight is 486 g/mol. The van der Waals surface area contributed by atoms with Gasteiger partial charge in [0.05, 0.1) is 4.90 Å². The molecule has 4 rings (SSSR count). The molecule has 0 radical (unpaired) electrons. The third-order valence-corrected chi connectivity index (χ3v) is 8.40. The van der Waals surface area contributed by atoms with Crippen molar-refractivity contribution in [3.05, 3.63) is 60.2 Å². The van der Waals surface area contributed by atoms with Crippen LogP contribution < -0.4 is 5.32 Å². The van der Waals surface area contributed by atoms with Gasteiger partial charge in [0.25, 0.3) is 10.0 Å². The van der Waals surface area contributed by atoms with Crippen molar-refractivity contribution in [1.82, 2.24) is 4.90 Å². The summed E-state index contributed by atoms with van der Waals surface area (Å²) >= 11 is 1.07. The largest absolute Gasteiger partial charge is 0.326 e. The second kappa shape index (κ2) is 10.1. The Hall–Kier alpha value is -2.65. The van der Waals surface area contributed by atoms with Crippen molar-refractivity contribution in [3.8, 4) is 0 Å². The molecule has 33 heavy (non-hydrogen) atoms. The molecule has 1 aliphatic carbocycles. The third-order valence-electron chi connectivity index (χ3n) is 5.85. The van der Waals surface area contributed by atoms with Gasteiger partial charge in [-0.25, -0.2) is 0 Å². The van der Waals surface area contributed by atoms with Gasteiger partial charge in [0.15, 0.2) is 5.17 Å². The fourth-order valence-corrected chi connectivity index (χ4v) is 6.54. The fraction of sp³-hybridized carbons (Fsp3) is 0.375. The number of amidine groups is 1. The summed E-state index contributed by atoms with van der Waals surface area (Å²) in [5, 5.41) is 2.28. The predicted molar refractivity (Wildman–Crippen MR) is 131 cm³/mol. The van der Waals surface area contributed by atoms with E-state index in [1.165, 1.54) is 17.0 Å². The van der Waals surface area contributed by atoms with Crippen LogP contribution in [0.4, 0.5) is 5.69 Å². The summed E-state index contributed by atoms with van der Waals surface area (Å²) < 4.78 is 29.9. The molecule has 1 N–H and O–H groups in total. The summed E-state index contributed by atoms with van der Waals surface area (Å²) in [5.74, 6) is -0.534. The number of aryl methyl sites for hydroxylation is 1. The van der Waals surface area contributed by atoms with E-state index in [1.54, 1.807) is 18.2 Å². The highest BCUT2D eigenvalue weighted by Crippen LogP contribution is 2.36. The number of rotatable bonds is 6. The predicted octanol–water partition coefficient (Wildman–Crippen LogP) is 4.35. The van der Waals surface area contributed by atoms with Gasteiger partial charge in [-0.1, -0.05) is 66.9 Å². The molecule has 0 unspecified atom stereocenters. The van der Waals surface area contributed by atoms with Crippen LogP contribution in [0.3, 0.4) is 0 Å². The lowest BCUT2D eigenvalue weighted by molar-refractivity contribution is -0.130. The Bertz CT molecular complexity index is 1140. The minimum absolute atomic E-state index is 0.0506. The van der Waals surface area contributed by atoms with Gasteiger partial charge in [0.2, 0.25) is 11.8 Å². The SMILES string of the molecule is Cc1ccc(NC(=O)C[C@H]2SC(=NS(=O)(=O)c3ccccc3)N(C3CCCCC3)C2=O)cc1. The molecule has 0 bridgehead atoms. The van der Waals surface area contributed by atoms with Gasteiger partial charge in [0, 0.05) is 18.2 Å². The summed E-state index contributed by atoms with van der Waals surface area (Å²) in [6.07, 6.45) is 4.62. The number of nitrogens with zero attached hydrogens (tertiary/aromatic N) is 2. The molecule has 174 valence electrons. The molecule has 1 heterocycles. The molecule has 2 fully saturated rings. The lowest BCUT2D eigenvalue weighted by Gasteiger charge is -2.30. The molecule has 1 saturated heterocycles. The first kappa shape index (κ1) is 23.5. The molecule has 9 heteroatoms. The smallest absolute Gasteiger partial charge is 0.284 e. The van der Waals surface area contributed by atoms with Crippen LogP contribution in [0.25, 0.3) is 0 Å². The Balaban J connectivity index is 1.56. The number of carbonyl (C=O) groups excluding carboxylic acids is 2. The Labute approximate surface area is 198 Å². The van der Waals surface area contributed by atoms with Crippen LogP contribution in [0, 0.1) is 6.92 Å². The number of hydrogen-bond acceptors (Lipinski definition) is 5. The number of thioether (sulfide) groups is 1. The minimum atomic E-state index is -3.97. The van der Waals surface area contributed by atoms with Crippen LogP contribution in [0.1, 0.15) is 44.1 Å². The number of anilines is 1. The van der Waals surface area contributed by atoms with Gasteiger partial charge in [-0.15, -0.1) is 4.40 Å². The lowest BCUT2D eigenvalue weighted by Crippen LogP contribution is -2.42. The highest BCUT2D eigenvalue weighted by molar-refractivity contribution is 8.16. The molecule has 1 aliphatic heterocycles. The molecule has 2 amide bonds. The summed E-state index contributed by atoms with van der Waals surface area (Å²) in [4.78, 5) is 27.6. The zero-order valence-electron chi connectivity index (χ0n) is 18.4. The van der Waals surface area contributed by atoms with E-state index in [4.69, 9.17) is 0 Å². The van der Waals surface area contributed by atoms with Gasteiger partial charge in [-0.3, -0.25) is 14.5 Å². The molecule has 7 nitrogen and oxygen atoms in total. The molecular formula is C24H27N3O4S2. The standard InChI is InChI=1S/C24H27N3O4S2/c1-17-12-14-18(15-13-17)25-22(28)16-21-23(29)27(19-8-4-2-5-9-19)24(32-21)26-33(30,31)20-10-6-3-7-11-20/h3,6-7,10-15,19,21H,2,4-5,8-9,16H2,1H3,(H,25,28)/t21-/m1/s1. The molecule has 2 aromatic rings. The van der Waals surface area contributed by atoms with Crippen LogP contribution in [0.2, 0.25) is 0 Å². The van der Waals surface area contributed by atoms with Crippen molar-refractivity contribution in [3.63, 3.8) is 0 Å². The Kier molecular flexibility index (Phi) is 7.19. The Morgan fingerprint density at radius 1 is 1.06 bits per heavy atom. The maximum absolute atomic E-state index is 13.3. The maximum Gasteiger partial charge on any atom is 0.284 e. The first-order valence-corrected chi connectivity index (χ1v) is 13.4. The summed E-state index contributed by atoms with van der Waals surface area (Å²) in [6, 6.07) is 15.3. The van der Waals surface area contributed by atoms with Crippen LogP contribution in [-0.4, -0.2) is 41.6 Å². The van der Waals surface area contributed by atoms with E-state index in [-0.39, 0.29) is 34.3 Å². The molecule has 2 aliphatic rings. The zero-order valence-corrected chi connectivity index (χ0v) is 20.1. The molecular weight excluding hydrogens is 458 g/mol. The van der Waals surface area contributed by atoms with Gasteiger partial charge in [-0.2, -0.15) is 8.42 Å². The van der Waals surface area contributed by atoms with Gasteiger partial charge in [-0.05, 0) is 44.0 Å². The number of hydrogen-bond donors (Lipinski definition) is 1. The monoisotopic (exact) mass is 485 g/mol. The van der Waals surface area contributed by atoms with Gasteiger partial charge in [0.1, 0.15) is 5.25 Å². The molecule has 1 atom stereocenters. The number of carbonyl (C=O) groups is 2. The van der Waals surface area contributed by atoms with Crippen molar-refractivity contribution < 1.29 is 18.0 Å². The van der Waals surface area contributed by atoms with E-state index in [1.807, 2.05) is 31.2 Å². The molecule has 1 saturated carbocycles. The van der Waals surface area contributed by atoms with E-state index in [2.05, 4.69) is 9.71 Å². The van der Waals surface area contributed by atoms with Crippen molar-refractivity contribution in [2.24, 2.45) is 4.40 Å². The van der Waals surface area contributed by atoms with Gasteiger partial charge < -0.3 is 5.32 Å². The normalized spacial score (nSPS) is 20.9. The second-order valence-electron chi connectivity index (χ2n) is 8.39.